The highest BCUT2D eigenvalue weighted by Crippen LogP contribution is 2.34. The van der Waals surface area contributed by atoms with Crippen LogP contribution in [0.5, 0.6) is 11.5 Å². The third-order valence-corrected chi connectivity index (χ3v) is 4.12. The van der Waals surface area contributed by atoms with Crippen molar-refractivity contribution in [3.8, 4) is 11.5 Å². The second kappa shape index (κ2) is 6.64. The Morgan fingerprint density at radius 3 is 2.91 bits per heavy atom. The van der Waals surface area contributed by atoms with E-state index in [9.17, 15) is 9.90 Å². The minimum absolute atomic E-state index is 0.0940. The summed E-state index contributed by atoms with van der Waals surface area (Å²) in [4.78, 5) is 16.5. The van der Waals surface area contributed by atoms with Crippen LogP contribution in [-0.2, 0) is 0 Å². The number of ether oxygens (including phenoxy) is 2. The van der Waals surface area contributed by atoms with Gasteiger partial charge in [0.15, 0.2) is 11.5 Å². The van der Waals surface area contributed by atoms with Crippen LogP contribution in [0.15, 0.2) is 18.2 Å². The third-order valence-electron chi connectivity index (χ3n) is 4.12. The molecule has 0 aromatic heterocycles. The highest BCUT2D eigenvalue weighted by Gasteiger charge is 2.28. The number of rotatable bonds is 3. The van der Waals surface area contributed by atoms with E-state index in [1.807, 2.05) is 11.8 Å². The fourth-order valence-corrected chi connectivity index (χ4v) is 3.04. The summed E-state index contributed by atoms with van der Waals surface area (Å²) in [5.74, 6) is 1.35. The number of urea groups is 1. The van der Waals surface area contributed by atoms with Gasteiger partial charge in [-0.05, 0) is 26.0 Å². The fraction of sp³-hybridized carbons (Fsp3) is 0.562. The van der Waals surface area contributed by atoms with E-state index in [4.69, 9.17) is 9.47 Å². The summed E-state index contributed by atoms with van der Waals surface area (Å²) in [6.45, 7) is 6.83. The molecule has 1 fully saturated rings. The first-order valence-corrected chi connectivity index (χ1v) is 7.90. The number of nitrogens with one attached hydrogen (secondary N) is 1. The number of aliphatic hydroxyl groups excluding tert-OH is 1. The Hall–Kier alpha value is -1.99. The molecule has 0 bridgehead atoms. The number of nitrogens with zero attached hydrogens (tertiary/aromatic N) is 2. The van der Waals surface area contributed by atoms with Crippen LogP contribution in [0.4, 0.5) is 10.5 Å². The van der Waals surface area contributed by atoms with Crippen molar-refractivity contribution in [1.29, 1.82) is 0 Å². The largest absolute Gasteiger partial charge is 0.454 e. The van der Waals surface area contributed by atoms with Gasteiger partial charge in [-0.1, -0.05) is 0 Å². The molecule has 0 spiro atoms. The third kappa shape index (κ3) is 3.68. The molecule has 1 saturated heterocycles. The Balaban J connectivity index is 1.58. The van der Waals surface area contributed by atoms with Gasteiger partial charge in [-0.15, -0.1) is 0 Å². The maximum Gasteiger partial charge on any atom is 0.322 e. The van der Waals surface area contributed by atoms with Gasteiger partial charge in [0.2, 0.25) is 6.79 Å². The highest BCUT2D eigenvalue weighted by molar-refractivity contribution is 5.90. The first kappa shape index (κ1) is 15.9. The van der Waals surface area contributed by atoms with Crippen molar-refractivity contribution in [2.75, 3.05) is 38.3 Å². The first-order valence-electron chi connectivity index (χ1n) is 7.90. The van der Waals surface area contributed by atoms with E-state index < -0.39 is 0 Å². The number of fused-ring (bicyclic) bond motifs is 1. The fourth-order valence-electron chi connectivity index (χ4n) is 3.04. The Bertz CT molecular complexity index is 578. The zero-order chi connectivity index (χ0) is 16.4. The van der Waals surface area contributed by atoms with Gasteiger partial charge in [0.05, 0.1) is 6.10 Å². The van der Waals surface area contributed by atoms with Crippen molar-refractivity contribution in [2.45, 2.75) is 26.0 Å². The number of carbonyl (C=O) groups excluding carboxylic acids is 1. The molecule has 7 nitrogen and oxygen atoms in total. The molecule has 2 aliphatic rings. The summed E-state index contributed by atoms with van der Waals surface area (Å²) in [5.41, 5.74) is 0.692. The zero-order valence-electron chi connectivity index (χ0n) is 13.5. The predicted molar refractivity (Wildman–Crippen MR) is 85.9 cm³/mol. The number of anilines is 1. The van der Waals surface area contributed by atoms with Gasteiger partial charge in [-0.25, -0.2) is 4.79 Å². The summed E-state index contributed by atoms with van der Waals surface area (Å²) in [5, 5.41) is 12.4. The number of amides is 2. The molecule has 23 heavy (non-hydrogen) atoms. The molecule has 2 heterocycles. The smallest absolute Gasteiger partial charge is 0.322 e. The van der Waals surface area contributed by atoms with Crippen LogP contribution in [0, 0.1) is 0 Å². The first-order chi connectivity index (χ1) is 11.0. The topological polar surface area (TPSA) is 74.3 Å². The zero-order valence-corrected chi connectivity index (χ0v) is 13.5. The lowest BCUT2D eigenvalue weighted by atomic mass is 10.2. The van der Waals surface area contributed by atoms with Crippen molar-refractivity contribution >= 4 is 11.7 Å². The van der Waals surface area contributed by atoms with Crippen LogP contribution in [0.25, 0.3) is 0 Å². The Morgan fingerprint density at radius 2 is 2.17 bits per heavy atom. The van der Waals surface area contributed by atoms with E-state index in [1.54, 1.807) is 25.1 Å². The second-order valence-electron chi connectivity index (χ2n) is 6.15. The maximum atomic E-state index is 12.5. The average Bonchev–Trinajstić information content (AvgIpc) is 2.94. The molecule has 126 valence electrons. The van der Waals surface area contributed by atoms with E-state index in [0.717, 1.165) is 13.1 Å². The molecule has 2 amide bonds. The number of piperazine rings is 1. The number of β-amino-alcohol motifs (C(OH)–C–C–N with tert-alkyl or cyclic N) is 1. The molecule has 7 heteroatoms. The van der Waals surface area contributed by atoms with E-state index in [1.165, 1.54) is 0 Å². The molecule has 3 rings (SSSR count). The van der Waals surface area contributed by atoms with Crippen LogP contribution in [-0.4, -0.2) is 66.1 Å². The Labute approximate surface area is 135 Å². The lowest BCUT2D eigenvalue weighted by Crippen LogP contribution is -2.56. The van der Waals surface area contributed by atoms with Crippen LogP contribution >= 0.6 is 0 Å². The van der Waals surface area contributed by atoms with E-state index in [0.29, 0.717) is 30.3 Å². The van der Waals surface area contributed by atoms with Crippen LogP contribution in [0.3, 0.4) is 0 Å². The lowest BCUT2D eigenvalue weighted by Gasteiger charge is -2.40. The molecule has 2 atom stereocenters. The summed E-state index contributed by atoms with van der Waals surface area (Å²) < 4.78 is 10.6. The van der Waals surface area contributed by atoms with Crippen LogP contribution < -0.4 is 14.8 Å². The van der Waals surface area contributed by atoms with Crippen molar-refractivity contribution in [3.05, 3.63) is 18.2 Å². The Morgan fingerprint density at radius 1 is 1.39 bits per heavy atom. The highest BCUT2D eigenvalue weighted by atomic mass is 16.7. The van der Waals surface area contributed by atoms with Gasteiger partial charge >= 0.3 is 6.03 Å². The van der Waals surface area contributed by atoms with Crippen molar-refractivity contribution in [1.82, 2.24) is 9.80 Å². The molecule has 2 N–H and O–H groups in total. The van der Waals surface area contributed by atoms with Gasteiger partial charge < -0.3 is 24.8 Å². The molecule has 1 aromatic carbocycles. The van der Waals surface area contributed by atoms with Gasteiger partial charge in [0, 0.05) is 44.0 Å². The Kier molecular flexibility index (Phi) is 4.58. The number of hydrogen-bond acceptors (Lipinski definition) is 5. The summed E-state index contributed by atoms with van der Waals surface area (Å²) in [6, 6.07) is 5.35. The minimum atomic E-state index is -0.351. The predicted octanol–water partition coefficient (Wildman–Crippen LogP) is 1.33. The monoisotopic (exact) mass is 321 g/mol. The molecular formula is C16H23N3O4. The molecule has 0 aliphatic carbocycles. The number of benzene rings is 1. The minimum Gasteiger partial charge on any atom is -0.454 e. The normalized spacial score (nSPS) is 22.0. The summed E-state index contributed by atoms with van der Waals surface area (Å²) in [6.07, 6.45) is -0.351. The van der Waals surface area contributed by atoms with Crippen molar-refractivity contribution in [2.24, 2.45) is 0 Å². The van der Waals surface area contributed by atoms with Crippen LogP contribution in [0.1, 0.15) is 13.8 Å². The molecule has 2 aliphatic heterocycles. The van der Waals surface area contributed by atoms with Gasteiger partial charge in [0.25, 0.3) is 0 Å². The standard InChI is InChI=1S/C16H23N3O4/c1-11-8-18(9-12(2)20)5-6-19(11)16(21)17-13-3-4-14-15(7-13)23-10-22-14/h3-4,7,11-12,20H,5-6,8-10H2,1-2H3,(H,17,21)/t11-,12-/m1/s1. The maximum absolute atomic E-state index is 12.5. The SMILES string of the molecule is C[C@@H]1CN(C[C@@H](C)O)CCN1C(=O)Nc1ccc2c(c1)OCO2. The van der Waals surface area contributed by atoms with Crippen molar-refractivity contribution < 1.29 is 19.4 Å². The quantitative estimate of drug-likeness (QED) is 0.879. The molecular weight excluding hydrogens is 298 g/mol. The number of aliphatic hydroxyl groups is 1. The summed E-state index contributed by atoms with van der Waals surface area (Å²) in [7, 11) is 0. The molecule has 0 unspecified atom stereocenters. The van der Waals surface area contributed by atoms with Gasteiger partial charge in [-0.3, -0.25) is 4.90 Å². The van der Waals surface area contributed by atoms with Gasteiger partial charge in [-0.2, -0.15) is 0 Å². The van der Waals surface area contributed by atoms with E-state index in [2.05, 4.69) is 10.2 Å². The molecule has 0 saturated carbocycles. The van der Waals surface area contributed by atoms with Crippen molar-refractivity contribution in [3.63, 3.8) is 0 Å². The van der Waals surface area contributed by atoms with E-state index >= 15 is 0 Å². The molecule has 1 aromatic rings. The lowest BCUT2D eigenvalue weighted by molar-refractivity contribution is 0.0692. The number of carbonyl (C=O) groups is 1. The van der Waals surface area contributed by atoms with E-state index in [-0.39, 0.29) is 25.0 Å². The van der Waals surface area contributed by atoms with Gasteiger partial charge in [0.1, 0.15) is 0 Å². The number of hydrogen-bond donors (Lipinski definition) is 2. The summed E-state index contributed by atoms with van der Waals surface area (Å²) >= 11 is 0. The average molecular weight is 321 g/mol. The van der Waals surface area contributed by atoms with Crippen LogP contribution in [0.2, 0.25) is 0 Å². The molecule has 0 radical (unpaired) electrons. The second-order valence-corrected chi connectivity index (χ2v) is 6.15.